The molecule has 1 unspecified atom stereocenters. The highest BCUT2D eigenvalue weighted by Gasteiger charge is 2.53. The zero-order valence-electron chi connectivity index (χ0n) is 8.58. The molecular formula is C10H11F3N2O. The molecule has 0 amide bonds. The zero-order valence-corrected chi connectivity index (χ0v) is 8.58. The lowest BCUT2D eigenvalue weighted by atomic mass is 10.0. The number of benzene rings is 1. The molecule has 16 heavy (non-hydrogen) atoms. The maximum Gasteiger partial charge on any atom is 0.431 e. The minimum Gasteiger partial charge on any atom is -0.497 e. The molecule has 0 aromatic heterocycles. The highest BCUT2D eigenvalue weighted by molar-refractivity contribution is 5.37. The molecule has 0 saturated heterocycles. The number of methoxy groups -OCH3 is 1. The summed E-state index contributed by atoms with van der Waals surface area (Å²) in [6.45, 7) is 2.90. The first-order valence-corrected chi connectivity index (χ1v) is 4.33. The fourth-order valence-electron chi connectivity index (χ4n) is 1.20. The van der Waals surface area contributed by atoms with Gasteiger partial charge in [-0.2, -0.15) is 13.2 Å². The highest BCUT2D eigenvalue weighted by Crippen LogP contribution is 2.38. The van der Waals surface area contributed by atoms with Gasteiger partial charge in [-0.05, 0) is 18.9 Å². The Bertz CT molecular complexity index is 392. The van der Waals surface area contributed by atoms with E-state index in [9.17, 15) is 13.2 Å². The van der Waals surface area contributed by atoms with Gasteiger partial charge in [-0.1, -0.05) is 12.1 Å². The van der Waals surface area contributed by atoms with Crippen LogP contribution >= 0.6 is 0 Å². The Labute approximate surface area is 90.7 Å². The van der Waals surface area contributed by atoms with Crippen molar-refractivity contribution in [2.75, 3.05) is 7.11 Å². The largest absolute Gasteiger partial charge is 0.497 e. The van der Waals surface area contributed by atoms with Crippen molar-refractivity contribution in [1.82, 2.24) is 0 Å². The maximum atomic E-state index is 12.7. The summed E-state index contributed by atoms with van der Waals surface area (Å²) in [6.07, 6.45) is -4.71. The highest BCUT2D eigenvalue weighted by atomic mass is 19.4. The average molecular weight is 232 g/mol. The smallest absolute Gasteiger partial charge is 0.431 e. The van der Waals surface area contributed by atoms with E-state index in [1.54, 1.807) is 0 Å². The molecule has 0 aliphatic heterocycles. The van der Waals surface area contributed by atoms with Gasteiger partial charge in [0.05, 0.1) is 7.11 Å². The molecule has 3 nitrogen and oxygen atoms in total. The number of nitrogens with two attached hydrogens (primary N) is 1. The van der Waals surface area contributed by atoms with Crippen molar-refractivity contribution in [3.8, 4) is 5.75 Å². The van der Waals surface area contributed by atoms with E-state index in [0.717, 1.165) is 0 Å². The average Bonchev–Trinajstić information content (AvgIpc) is 2.26. The Balaban J connectivity index is 3.28. The molecule has 0 heterocycles. The fraction of sp³-hybridized carbons (Fsp3) is 0.300. The molecule has 1 rings (SSSR count). The molecule has 0 fully saturated rings. The molecule has 2 N–H and O–H groups in total. The van der Waals surface area contributed by atoms with E-state index in [0.29, 0.717) is 0 Å². The van der Waals surface area contributed by atoms with Crippen molar-refractivity contribution in [2.24, 2.45) is 10.7 Å². The van der Waals surface area contributed by atoms with Crippen LogP contribution in [0.15, 0.2) is 29.3 Å². The number of rotatable bonds is 3. The van der Waals surface area contributed by atoms with Crippen LogP contribution in [0.2, 0.25) is 0 Å². The Hall–Kier alpha value is -1.56. The third kappa shape index (κ3) is 2.01. The zero-order chi connectivity index (χ0) is 12.4. The maximum absolute atomic E-state index is 12.7. The van der Waals surface area contributed by atoms with Crippen LogP contribution in [0.5, 0.6) is 5.75 Å². The predicted octanol–water partition coefficient (Wildman–Crippen LogP) is 2.07. The normalized spacial score (nSPS) is 15.3. The minimum absolute atomic E-state index is 0.214. The van der Waals surface area contributed by atoms with Crippen molar-refractivity contribution < 1.29 is 17.9 Å². The van der Waals surface area contributed by atoms with Gasteiger partial charge in [0.2, 0.25) is 5.66 Å². The molecule has 0 radical (unpaired) electrons. The van der Waals surface area contributed by atoms with Crippen molar-refractivity contribution >= 4 is 6.72 Å². The van der Waals surface area contributed by atoms with Gasteiger partial charge in [-0.15, -0.1) is 0 Å². The van der Waals surface area contributed by atoms with E-state index in [2.05, 4.69) is 11.7 Å². The Morgan fingerprint density at radius 2 is 2.00 bits per heavy atom. The molecule has 1 aromatic rings. The standard InChI is InChI=1S/C10H11F3N2O/c1-15-9(14,10(11,12)13)7-4-3-5-8(6-7)16-2/h3-6H,1,14H2,2H3. The summed E-state index contributed by atoms with van der Waals surface area (Å²) in [5.41, 5.74) is 2.19. The molecular weight excluding hydrogens is 221 g/mol. The summed E-state index contributed by atoms with van der Waals surface area (Å²) in [4.78, 5) is 2.98. The lowest BCUT2D eigenvalue weighted by Crippen LogP contribution is -2.48. The summed E-state index contributed by atoms with van der Waals surface area (Å²) in [5.74, 6) is 0.278. The fourth-order valence-corrected chi connectivity index (χ4v) is 1.20. The van der Waals surface area contributed by atoms with Gasteiger partial charge in [-0.3, -0.25) is 10.7 Å². The van der Waals surface area contributed by atoms with Gasteiger partial charge in [0.1, 0.15) is 5.75 Å². The summed E-state index contributed by atoms with van der Waals surface area (Å²) >= 11 is 0. The van der Waals surface area contributed by atoms with Crippen LogP contribution in [0.4, 0.5) is 13.2 Å². The lowest BCUT2D eigenvalue weighted by Gasteiger charge is -2.27. The lowest BCUT2D eigenvalue weighted by molar-refractivity contribution is -0.186. The van der Waals surface area contributed by atoms with E-state index in [1.807, 2.05) is 0 Å². The number of ether oxygens (including phenoxy) is 1. The van der Waals surface area contributed by atoms with Crippen LogP contribution in [0, 0.1) is 0 Å². The van der Waals surface area contributed by atoms with Crippen molar-refractivity contribution in [1.29, 1.82) is 0 Å². The van der Waals surface area contributed by atoms with E-state index in [-0.39, 0.29) is 11.3 Å². The Morgan fingerprint density at radius 1 is 1.38 bits per heavy atom. The number of aliphatic imine (C=N–C) groups is 1. The van der Waals surface area contributed by atoms with Gasteiger partial charge < -0.3 is 4.74 Å². The van der Waals surface area contributed by atoms with Crippen molar-refractivity contribution in [3.05, 3.63) is 29.8 Å². The van der Waals surface area contributed by atoms with Gasteiger partial charge in [0.15, 0.2) is 0 Å². The molecule has 88 valence electrons. The van der Waals surface area contributed by atoms with Gasteiger partial charge in [0, 0.05) is 5.56 Å². The van der Waals surface area contributed by atoms with Crippen LogP contribution in [-0.2, 0) is 5.66 Å². The first-order chi connectivity index (χ1) is 7.35. The van der Waals surface area contributed by atoms with Gasteiger partial charge in [0.25, 0.3) is 0 Å². The third-order valence-electron chi connectivity index (χ3n) is 2.19. The summed E-state index contributed by atoms with van der Waals surface area (Å²) < 4.78 is 43.0. The predicted molar refractivity (Wildman–Crippen MR) is 54.5 cm³/mol. The second-order valence-electron chi connectivity index (χ2n) is 3.15. The van der Waals surface area contributed by atoms with Crippen LogP contribution in [0.1, 0.15) is 5.56 Å². The molecule has 6 heteroatoms. The van der Waals surface area contributed by atoms with Crippen LogP contribution in [0.3, 0.4) is 0 Å². The summed E-state index contributed by atoms with van der Waals surface area (Å²) in [6, 6.07) is 5.34. The van der Waals surface area contributed by atoms with Crippen LogP contribution < -0.4 is 10.5 Å². The van der Waals surface area contributed by atoms with E-state index in [1.165, 1.54) is 31.4 Å². The van der Waals surface area contributed by atoms with Crippen molar-refractivity contribution in [3.63, 3.8) is 0 Å². The van der Waals surface area contributed by atoms with E-state index >= 15 is 0 Å². The van der Waals surface area contributed by atoms with Gasteiger partial charge >= 0.3 is 6.18 Å². The number of halogens is 3. The molecule has 0 saturated carbocycles. The molecule has 0 bridgehead atoms. The summed E-state index contributed by atoms with van der Waals surface area (Å²) in [5, 5.41) is 0. The minimum atomic E-state index is -4.71. The molecule has 1 aromatic carbocycles. The molecule has 0 aliphatic carbocycles. The van der Waals surface area contributed by atoms with Gasteiger partial charge in [-0.25, -0.2) is 0 Å². The number of hydrogen-bond donors (Lipinski definition) is 1. The number of nitrogens with zero attached hydrogens (tertiary/aromatic N) is 1. The first kappa shape index (κ1) is 12.5. The summed E-state index contributed by atoms with van der Waals surface area (Å²) in [7, 11) is 1.35. The monoisotopic (exact) mass is 232 g/mol. The first-order valence-electron chi connectivity index (χ1n) is 4.33. The van der Waals surface area contributed by atoms with Crippen LogP contribution in [-0.4, -0.2) is 20.0 Å². The van der Waals surface area contributed by atoms with Crippen LogP contribution in [0.25, 0.3) is 0 Å². The quantitative estimate of drug-likeness (QED) is 0.811. The van der Waals surface area contributed by atoms with Crippen molar-refractivity contribution in [2.45, 2.75) is 11.8 Å². The molecule has 0 aliphatic rings. The SMILES string of the molecule is C=NC(N)(c1cccc(OC)c1)C(F)(F)F. The third-order valence-corrected chi connectivity index (χ3v) is 2.19. The second-order valence-corrected chi connectivity index (χ2v) is 3.15. The Kier molecular flexibility index (Phi) is 3.23. The topological polar surface area (TPSA) is 47.6 Å². The number of alkyl halides is 3. The van der Waals surface area contributed by atoms with E-state index in [4.69, 9.17) is 10.5 Å². The molecule has 1 atom stereocenters. The number of hydrogen-bond acceptors (Lipinski definition) is 3. The molecule has 0 spiro atoms. The van der Waals surface area contributed by atoms with E-state index < -0.39 is 11.8 Å². The Morgan fingerprint density at radius 3 is 2.44 bits per heavy atom. The second kappa shape index (κ2) is 4.13.